The van der Waals surface area contributed by atoms with Crippen molar-refractivity contribution in [2.75, 3.05) is 7.11 Å². The Bertz CT molecular complexity index is 379. The van der Waals surface area contributed by atoms with Crippen LogP contribution in [0.1, 0.15) is 19.4 Å². The fourth-order valence-electron chi connectivity index (χ4n) is 1.12. The Balaban J connectivity index is 3.17. The van der Waals surface area contributed by atoms with Gasteiger partial charge in [-0.15, -0.1) is 0 Å². The molecule has 0 heterocycles. The number of rotatable bonds is 2. The van der Waals surface area contributed by atoms with E-state index in [1.165, 1.54) is 0 Å². The standard InChI is InChI=1S/C11H12ClNO/c1-11(2,7-13)8-4-5-10(14-3)9(12)6-8/h4-6H,1-3H3. The summed E-state index contributed by atoms with van der Waals surface area (Å²) in [5, 5.41) is 9.48. The van der Waals surface area contributed by atoms with Crippen LogP contribution in [-0.2, 0) is 5.41 Å². The lowest BCUT2D eigenvalue weighted by Crippen LogP contribution is -2.13. The van der Waals surface area contributed by atoms with Gasteiger partial charge >= 0.3 is 0 Å². The van der Waals surface area contributed by atoms with Crippen molar-refractivity contribution in [3.8, 4) is 11.8 Å². The summed E-state index contributed by atoms with van der Waals surface area (Å²) in [6, 6.07) is 7.62. The molecule has 1 aromatic carbocycles. The highest BCUT2D eigenvalue weighted by molar-refractivity contribution is 6.32. The third kappa shape index (κ3) is 2.00. The zero-order valence-electron chi connectivity index (χ0n) is 8.47. The number of nitrogens with zero attached hydrogens (tertiary/aromatic N) is 1. The Morgan fingerprint density at radius 1 is 1.43 bits per heavy atom. The van der Waals surface area contributed by atoms with Gasteiger partial charge in [0.05, 0.1) is 23.6 Å². The molecule has 0 amide bonds. The lowest BCUT2D eigenvalue weighted by Gasteiger charge is -2.16. The molecule has 0 aliphatic rings. The number of hydrogen-bond donors (Lipinski definition) is 0. The summed E-state index contributed by atoms with van der Waals surface area (Å²) >= 11 is 5.96. The highest BCUT2D eigenvalue weighted by atomic mass is 35.5. The van der Waals surface area contributed by atoms with Crippen LogP contribution >= 0.6 is 11.6 Å². The van der Waals surface area contributed by atoms with Crippen LogP contribution in [-0.4, -0.2) is 7.11 Å². The Morgan fingerprint density at radius 2 is 2.07 bits per heavy atom. The Hall–Kier alpha value is -1.20. The minimum absolute atomic E-state index is 0.518. The molecule has 1 rings (SSSR count). The molecule has 2 nitrogen and oxygen atoms in total. The zero-order valence-corrected chi connectivity index (χ0v) is 9.22. The summed E-state index contributed by atoms with van der Waals surface area (Å²) in [4.78, 5) is 0. The molecule has 0 aliphatic carbocycles. The number of hydrogen-bond acceptors (Lipinski definition) is 2. The molecular weight excluding hydrogens is 198 g/mol. The van der Waals surface area contributed by atoms with E-state index in [2.05, 4.69) is 6.07 Å². The molecule has 0 saturated carbocycles. The fourth-order valence-corrected chi connectivity index (χ4v) is 1.38. The molecule has 0 radical (unpaired) electrons. The van der Waals surface area contributed by atoms with Crippen LogP contribution in [0.25, 0.3) is 0 Å². The minimum Gasteiger partial charge on any atom is -0.495 e. The van der Waals surface area contributed by atoms with Crippen molar-refractivity contribution in [3.05, 3.63) is 28.8 Å². The van der Waals surface area contributed by atoms with Crippen molar-refractivity contribution in [1.29, 1.82) is 5.26 Å². The number of ether oxygens (including phenoxy) is 1. The summed E-state index contributed by atoms with van der Waals surface area (Å²) < 4.78 is 5.03. The number of benzene rings is 1. The maximum absolute atomic E-state index is 8.94. The largest absolute Gasteiger partial charge is 0.495 e. The van der Waals surface area contributed by atoms with E-state index in [0.717, 1.165) is 5.56 Å². The molecule has 0 fully saturated rings. The quantitative estimate of drug-likeness (QED) is 0.750. The van der Waals surface area contributed by atoms with Gasteiger partial charge in [0.15, 0.2) is 0 Å². The first-order valence-electron chi connectivity index (χ1n) is 4.26. The molecule has 1 aromatic rings. The van der Waals surface area contributed by atoms with Crippen molar-refractivity contribution >= 4 is 11.6 Å². The smallest absolute Gasteiger partial charge is 0.137 e. The molecule has 0 bridgehead atoms. The van der Waals surface area contributed by atoms with Crippen LogP contribution in [0.3, 0.4) is 0 Å². The second-order valence-electron chi connectivity index (χ2n) is 3.59. The topological polar surface area (TPSA) is 33.0 Å². The third-order valence-electron chi connectivity index (χ3n) is 2.15. The predicted octanol–water partition coefficient (Wildman–Crippen LogP) is 3.15. The van der Waals surface area contributed by atoms with Gasteiger partial charge in [-0.3, -0.25) is 0 Å². The van der Waals surface area contributed by atoms with Gasteiger partial charge in [0.25, 0.3) is 0 Å². The van der Waals surface area contributed by atoms with Crippen molar-refractivity contribution in [1.82, 2.24) is 0 Å². The minimum atomic E-state index is -0.518. The summed E-state index contributed by atoms with van der Waals surface area (Å²) in [6.07, 6.45) is 0. The van der Waals surface area contributed by atoms with Crippen LogP contribution in [0.15, 0.2) is 18.2 Å². The fraction of sp³-hybridized carbons (Fsp3) is 0.364. The number of nitriles is 1. The van der Waals surface area contributed by atoms with Crippen LogP contribution in [0.2, 0.25) is 5.02 Å². The van der Waals surface area contributed by atoms with Crippen LogP contribution in [0.4, 0.5) is 0 Å². The van der Waals surface area contributed by atoms with Crippen LogP contribution in [0.5, 0.6) is 5.75 Å². The summed E-state index contributed by atoms with van der Waals surface area (Å²) in [7, 11) is 1.57. The van der Waals surface area contributed by atoms with E-state index in [4.69, 9.17) is 21.6 Å². The summed E-state index contributed by atoms with van der Waals surface area (Å²) in [5.74, 6) is 0.629. The van der Waals surface area contributed by atoms with Gasteiger partial charge in [-0.05, 0) is 31.5 Å². The van der Waals surface area contributed by atoms with E-state index in [0.29, 0.717) is 10.8 Å². The van der Waals surface area contributed by atoms with Gasteiger partial charge < -0.3 is 4.74 Å². The zero-order chi connectivity index (χ0) is 10.8. The SMILES string of the molecule is COc1ccc(C(C)(C)C#N)cc1Cl. The van der Waals surface area contributed by atoms with Gasteiger partial charge in [0.1, 0.15) is 5.75 Å². The average molecular weight is 210 g/mol. The maximum Gasteiger partial charge on any atom is 0.137 e. The highest BCUT2D eigenvalue weighted by Gasteiger charge is 2.20. The Kier molecular flexibility index (Phi) is 3.03. The van der Waals surface area contributed by atoms with Crippen molar-refractivity contribution in [3.63, 3.8) is 0 Å². The van der Waals surface area contributed by atoms with Crippen LogP contribution in [0, 0.1) is 11.3 Å². The van der Waals surface area contributed by atoms with E-state index < -0.39 is 5.41 Å². The molecule has 0 aromatic heterocycles. The van der Waals surface area contributed by atoms with Gasteiger partial charge in [-0.25, -0.2) is 0 Å². The lowest BCUT2D eigenvalue weighted by molar-refractivity contribution is 0.414. The number of halogens is 1. The first kappa shape index (κ1) is 10.9. The molecule has 0 aliphatic heterocycles. The molecule has 0 spiro atoms. The molecule has 74 valence electrons. The first-order chi connectivity index (χ1) is 6.51. The molecule has 3 heteroatoms. The normalized spacial score (nSPS) is 10.8. The van der Waals surface area contributed by atoms with Gasteiger partial charge in [-0.2, -0.15) is 5.26 Å². The predicted molar refractivity (Wildman–Crippen MR) is 56.6 cm³/mol. The Morgan fingerprint density at radius 3 is 2.50 bits per heavy atom. The average Bonchev–Trinajstić information content (AvgIpc) is 2.17. The number of methoxy groups -OCH3 is 1. The molecule has 0 saturated heterocycles. The second kappa shape index (κ2) is 3.89. The maximum atomic E-state index is 8.94. The van der Waals surface area contributed by atoms with E-state index in [9.17, 15) is 0 Å². The summed E-state index contributed by atoms with van der Waals surface area (Å²) in [6.45, 7) is 3.70. The van der Waals surface area contributed by atoms with E-state index in [1.54, 1.807) is 19.2 Å². The molecule has 0 N–H and O–H groups in total. The second-order valence-corrected chi connectivity index (χ2v) is 3.99. The Labute approximate surface area is 89.1 Å². The van der Waals surface area contributed by atoms with Gasteiger partial charge in [-0.1, -0.05) is 17.7 Å². The molecule has 0 atom stereocenters. The van der Waals surface area contributed by atoms with E-state index >= 15 is 0 Å². The highest BCUT2D eigenvalue weighted by Crippen LogP contribution is 2.30. The van der Waals surface area contributed by atoms with Crippen molar-refractivity contribution < 1.29 is 4.74 Å². The summed E-state index contributed by atoms with van der Waals surface area (Å²) in [5.41, 5.74) is 0.376. The lowest BCUT2D eigenvalue weighted by atomic mass is 9.86. The van der Waals surface area contributed by atoms with Crippen molar-refractivity contribution in [2.45, 2.75) is 19.3 Å². The third-order valence-corrected chi connectivity index (χ3v) is 2.45. The van der Waals surface area contributed by atoms with E-state index in [1.807, 2.05) is 19.9 Å². The van der Waals surface area contributed by atoms with Crippen LogP contribution < -0.4 is 4.74 Å². The first-order valence-corrected chi connectivity index (χ1v) is 4.64. The monoisotopic (exact) mass is 209 g/mol. The van der Waals surface area contributed by atoms with Gasteiger partial charge in [0.2, 0.25) is 0 Å². The molecular formula is C11H12ClNO. The van der Waals surface area contributed by atoms with E-state index in [-0.39, 0.29) is 0 Å². The molecule has 14 heavy (non-hydrogen) atoms. The molecule has 0 unspecified atom stereocenters. The van der Waals surface area contributed by atoms with Gasteiger partial charge in [0, 0.05) is 0 Å². The van der Waals surface area contributed by atoms with Crippen molar-refractivity contribution in [2.24, 2.45) is 0 Å².